The highest BCUT2D eigenvalue weighted by Crippen LogP contribution is 2.28. The van der Waals surface area contributed by atoms with Crippen molar-refractivity contribution in [2.24, 2.45) is 5.92 Å². The number of benzene rings is 1. The van der Waals surface area contributed by atoms with Gasteiger partial charge in [-0.25, -0.2) is 9.37 Å². The molecular formula is C19H20FN5S. The third kappa shape index (κ3) is 4.16. The lowest BCUT2D eigenvalue weighted by Crippen LogP contribution is -2.22. The van der Waals surface area contributed by atoms with E-state index in [0.29, 0.717) is 12.3 Å². The second-order valence-corrected chi connectivity index (χ2v) is 7.52. The van der Waals surface area contributed by atoms with E-state index in [-0.39, 0.29) is 5.82 Å². The van der Waals surface area contributed by atoms with Crippen molar-refractivity contribution in [3.05, 3.63) is 65.0 Å². The minimum absolute atomic E-state index is 0.214. The highest BCUT2D eigenvalue weighted by atomic mass is 32.1. The molecule has 1 saturated heterocycles. The Balaban J connectivity index is 1.31. The fraction of sp³-hybridized carbons (Fsp3) is 0.316. The van der Waals surface area contributed by atoms with E-state index in [1.165, 1.54) is 12.1 Å². The zero-order valence-corrected chi connectivity index (χ0v) is 15.1. The first-order valence-electron chi connectivity index (χ1n) is 8.73. The Kier molecular flexibility index (Phi) is 5.06. The summed E-state index contributed by atoms with van der Waals surface area (Å²) in [4.78, 5) is 6.60. The molecule has 3 heterocycles. The first-order valence-corrected chi connectivity index (χ1v) is 9.54. The lowest BCUT2D eigenvalue weighted by Gasteiger charge is -2.14. The van der Waals surface area contributed by atoms with Crippen molar-refractivity contribution in [1.29, 1.82) is 0 Å². The summed E-state index contributed by atoms with van der Waals surface area (Å²) in [6, 6.07) is 12.5. The highest BCUT2D eigenvalue weighted by molar-refractivity contribution is 7.15. The van der Waals surface area contributed by atoms with E-state index in [9.17, 15) is 4.39 Å². The third-order valence-electron chi connectivity index (χ3n) is 4.52. The van der Waals surface area contributed by atoms with Gasteiger partial charge in [-0.05, 0) is 42.2 Å². The largest absolute Gasteiger partial charge is 0.370 e. The monoisotopic (exact) mass is 369 g/mol. The second-order valence-electron chi connectivity index (χ2n) is 6.48. The summed E-state index contributed by atoms with van der Waals surface area (Å²) in [7, 11) is 0. The van der Waals surface area contributed by atoms with Gasteiger partial charge in [0.25, 0.3) is 0 Å². The van der Waals surface area contributed by atoms with E-state index in [1.54, 1.807) is 29.7 Å². The van der Waals surface area contributed by atoms with Crippen molar-refractivity contribution in [3.63, 3.8) is 0 Å². The standard InChI is InChI=1S/C19H20FN5S/c20-16-6-4-14(5-7-16)11-18-23-24-19(26-18)25-10-8-15(13-25)12-22-17-3-1-2-9-21-17/h1-7,9,15H,8,10-13H2,(H,21,22). The summed E-state index contributed by atoms with van der Waals surface area (Å²) >= 11 is 1.62. The van der Waals surface area contributed by atoms with Crippen LogP contribution in [-0.4, -0.2) is 34.8 Å². The van der Waals surface area contributed by atoms with Gasteiger partial charge in [0.15, 0.2) is 0 Å². The molecule has 0 amide bonds. The Morgan fingerprint density at radius 1 is 1.15 bits per heavy atom. The van der Waals surface area contributed by atoms with Gasteiger partial charge in [0.1, 0.15) is 16.6 Å². The lowest BCUT2D eigenvalue weighted by molar-refractivity contribution is 0.621. The Morgan fingerprint density at radius 3 is 2.85 bits per heavy atom. The summed E-state index contributed by atoms with van der Waals surface area (Å²) in [5.41, 5.74) is 1.05. The molecule has 134 valence electrons. The molecule has 1 atom stereocenters. The normalized spacial score (nSPS) is 16.8. The first kappa shape index (κ1) is 16.9. The molecule has 2 aromatic heterocycles. The van der Waals surface area contributed by atoms with Crippen molar-refractivity contribution < 1.29 is 4.39 Å². The number of nitrogens with one attached hydrogen (secondary N) is 1. The molecule has 1 fully saturated rings. The fourth-order valence-electron chi connectivity index (χ4n) is 3.11. The SMILES string of the molecule is Fc1ccc(Cc2nnc(N3CCC(CNc4ccccn4)C3)s2)cc1. The second kappa shape index (κ2) is 7.78. The Morgan fingerprint density at radius 2 is 2.04 bits per heavy atom. The average Bonchev–Trinajstić information content (AvgIpc) is 3.32. The Bertz CT molecular complexity index is 837. The quantitative estimate of drug-likeness (QED) is 0.719. The molecule has 0 spiro atoms. The van der Waals surface area contributed by atoms with E-state index in [2.05, 4.69) is 25.4 Å². The van der Waals surface area contributed by atoms with Crippen LogP contribution in [0.5, 0.6) is 0 Å². The summed E-state index contributed by atoms with van der Waals surface area (Å²) < 4.78 is 13.0. The van der Waals surface area contributed by atoms with Crippen LogP contribution in [-0.2, 0) is 6.42 Å². The molecule has 1 aliphatic rings. The zero-order valence-electron chi connectivity index (χ0n) is 14.3. The van der Waals surface area contributed by atoms with Gasteiger partial charge >= 0.3 is 0 Å². The van der Waals surface area contributed by atoms with Crippen LogP contribution in [0.4, 0.5) is 15.3 Å². The van der Waals surface area contributed by atoms with Crippen LogP contribution >= 0.6 is 11.3 Å². The molecule has 1 aliphatic heterocycles. The molecule has 7 heteroatoms. The van der Waals surface area contributed by atoms with Crippen LogP contribution in [0.2, 0.25) is 0 Å². The molecule has 0 saturated carbocycles. The molecule has 1 unspecified atom stereocenters. The maximum absolute atomic E-state index is 13.0. The molecule has 0 bridgehead atoms. The summed E-state index contributed by atoms with van der Waals surface area (Å²) in [5.74, 6) is 1.28. The van der Waals surface area contributed by atoms with Crippen molar-refractivity contribution in [2.45, 2.75) is 12.8 Å². The van der Waals surface area contributed by atoms with Gasteiger partial charge in [-0.1, -0.05) is 29.5 Å². The molecule has 1 N–H and O–H groups in total. The molecule has 3 aromatic rings. The first-order chi connectivity index (χ1) is 12.8. The average molecular weight is 369 g/mol. The predicted molar refractivity (Wildman–Crippen MR) is 102 cm³/mol. The van der Waals surface area contributed by atoms with Crippen LogP contribution in [0.1, 0.15) is 17.0 Å². The van der Waals surface area contributed by atoms with E-state index in [0.717, 1.165) is 47.6 Å². The fourth-order valence-corrected chi connectivity index (χ4v) is 4.02. The molecule has 5 nitrogen and oxygen atoms in total. The van der Waals surface area contributed by atoms with E-state index in [4.69, 9.17) is 0 Å². The number of hydrogen-bond acceptors (Lipinski definition) is 6. The number of rotatable bonds is 6. The minimum Gasteiger partial charge on any atom is -0.370 e. The number of nitrogens with zero attached hydrogens (tertiary/aromatic N) is 4. The van der Waals surface area contributed by atoms with Crippen LogP contribution in [0.3, 0.4) is 0 Å². The summed E-state index contributed by atoms with van der Waals surface area (Å²) in [6.07, 6.45) is 3.62. The smallest absolute Gasteiger partial charge is 0.208 e. The lowest BCUT2D eigenvalue weighted by atomic mass is 10.1. The molecular weight excluding hydrogens is 349 g/mol. The van der Waals surface area contributed by atoms with E-state index < -0.39 is 0 Å². The van der Waals surface area contributed by atoms with Crippen LogP contribution in [0, 0.1) is 11.7 Å². The third-order valence-corrected chi connectivity index (χ3v) is 5.50. The predicted octanol–water partition coefficient (Wildman–Crippen LogP) is 3.60. The van der Waals surface area contributed by atoms with Crippen molar-refractivity contribution in [2.75, 3.05) is 29.9 Å². The topological polar surface area (TPSA) is 53.9 Å². The number of anilines is 2. The van der Waals surface area contributed by atoms with Crippen LogP contribution in [0.25, 0.3) is 0 Å². The molecule has 26 heavy (non-hydrogen) atoms. The van der Waals surface area contributed by atoms with E-state index >= 15 is 0 Å². The van der Waals surface area contributed by atoms with Gasteiger partial charge in [0.2, 0.25) is 5.13 Å². The van der Waals surface area contributed by atoms with Gasteiger partial charge in [0, 0.05) is 32.3 Å². The number of pyridine rings is 1. The van der Waals surface area contributed by atoms with Gasteiger partial charge in [-0.15, -0.1) is 10.2 Å². The highest BCUT2D eigenvalue weighted by Gasteiger charge is 2.25. The maximum Gasteiger partial charge on any atom is 0.208 e. The van der Waals surface area contributed by atoms with Gasteiger partial charge in [-0.2, -0.15) is 0 Å². The summed E-state index contributed by atoms with van der Waals surface area (Å²) in [6.45, 7) is 2.89. The molecule has 0 radical (unpaired) electrons. The summed E-state index contributed by atoms with van der Waals surface area (Å²) in [5, 5.41) is 14.0. The molecule has 4 rings (SSSR count). The number of halogens is 1. The van der Waals surface area contributed by atoms with Gasteiger partial charge in [-0.3, -0.25) is 0 Å². The van der Waals surface area contributed by atoms with Gasteiger partial charge < -0.3 is 10.2 Å². The van der Waals surface area contributed by atoms with Gasteiger partial charge in [0.05, 0.1) is 0 Å². The van der Waals surface area contributed by atoms with Crippen molar-refractivity contribution in [3.8, 4) is 0 Å². The van der Waals surface area contributed by atoms with E-state index in [1.807, 2.05) is 18.2 Å². The van der Waals surface area contributed by atoms with Crippen molar-refractivity contribution >= 4 is 22.3 Å². The van der Waals surface area contributed by atoms with Crippen LogP contribution in [0.15, 0.2) is 48.7 Å². The Labute approximate surface area is 155 Å². The maximum atomic E-state index is 13.0. The molecule has 1 aromatic carbocycles. The number of hydrogen-bond donors (Lipinski definition) is 1. The number of aromatic nitrogens is 3. The minimum atomic E-state index is -0.214. The van der Waals surface area contributed by atoms with Crippen LogP contribution < -0.4 is 10.2 Å². The molecule has 0 aliphatic carbocycles. The Hall–Kier alpha value is -2.54. The van der Waals surface area contributed by atoms with Crippen molar-refractivity contribution in [1.82, 2.24) is 15.2 Å². The zero-order chi connectivity index (χ0) is 17.8.